The fraction of sp³-hybridized carbons (Fsp3) is 0.723. The van der Waals surface area contributed by atoms with Crippen LogP contribution in [0.25, 0.3) is 21.3 Å². The number of amides is 3. The number of imide groups is 1. The molecule has 0 spiro atoms. The average molecular weight is 946 g/mol. The van der Waals surface area contributed by atoms with Crippen LogP contribution in [0.1, 0.15) is 69.0 Å². The number of hydrogen-bond donors (Lipinski definition) is 2. The highest BCUT2D eigenvalue weighted by Crippen LogP contribution is 2.35. The van der Waals surface area contributed by atoms with Crippen molar-refractivity contribution in [3.8, 4) is 0 Å². The smallest absolute Gasteiger partial charge is 0.253 e. The fourth-order valence-electron chi connectivity index (χ4n) is 7.79. The number of ether oxygens (including phenoxy) is 8. The summed E-state index contributed by atoms with van der Waals surface area (Å²) in [7, 11) is 0. The molecule has 3 amide bonds. The molecule has 370 valence electrons. The first kappa shape index (κ1) is 53.3. The first-order chi connectivity index (χ1) is 32.3. The number of nitrogens with zero attached hydrogens (tertiary/aromatic N) is 5. The summed E-state index contributed by atoms with van der Waals surface area (Å²) in [5, 5.41) is 2.82. The number of rotatable bonds is 38. The number of thiophene rings is 1. The van der Waals surface area contributed by atoms with E-state index in [-0.39, 0.29) is 17.7 Å². The summed E-state index contributed by atoms with van der Waals surface area (Å²) in [5.74, 6) is 1.70. The number of carbonyl (C=O) groups is 3. The van der Waals surface area contributed by atoms with E-state index >= 15 is 0 Å². The maximum Gasteiger partial charge on any atom is 0.253 e. The van der Waals surface area contributed by atoms with E-state index in [4.69, 9.17) is 48.6 Å². The summed E-state index contributed by atoms with van der Waals surface area (Å²) in [5.41, 5.74) is 9.44. The Bertz CT molecular complexity index is 1880. The standard InChI is InChI=1S/C47H75N7O11S/c1-3-4-8-40-51-44-45(46-39(50-47(44)48)35-37(2)66-46)54(40)36-38-12-16-52(17-13-38)18-20-59-22-24-61-26-28-63-30-32-65-34-33-64-31-29-62-27-25-60-23-21-58-19-14-49-41(55)9-6-5-7-15-53-42(56)10-11-43(53)57/h10-11,35,38H,3-9,12-34,36H2,1-2H3,(H2,48,50)(H,49,55). The van der Waals surface area contributed by atoms with E-state index in [1.54, 1.807) is 11.3 Å². The van der Waals surface area contributed by atoms with E-state index in [0.29, 0.717) is 150 Å². The number of nitrogens with one attached hydrogen (secondary N) is 1. The van der Waals surface area contributed by atoms with Gasteiger partial charge in [0, 0.05) is 56.0 Å². The molecule has 0 aromatic carbocycles. The average Bonchev–Trinajstić information content (AvgIpc) is 3.98. The topological polar surface area (TPSA) is 200 Å². The molecule has 2 aliphatic heterocycles. The first-order valence-corrected chi connectivity index (χ1v) is 24.8. The number of pyridine rings is 1. The van der Waals surface area contributed by atoms with E-state index in [1.165, 1.54) is 32.1 Å². The molecule has 1 fully saturated rings. The minimum atomic E-state index is -0.270. The lowest BCUT2D eigenvalue weighted by atomic mass is 9.96. The summed E-state index contributed by atoms with van der Waals surface area (Å²) in [4.78, 5) is 49.7. The van der Waals surface area contributed by atoms with Gasteiger partial charge in [-0.05, 0) is 64.1 Å². The highest BCUT2D eigenvalue weighted by Gasteiger charge is 2.25. The van der Waals surface area contributed by atoms with Crippen LogP contribution in [-0.2, 0) is 65.2 Å². The number of hydrogen-bond acceptors (Lipinski definition) is 16. The van der Waals surface area contributed by atoms with Crippen molar-refractivity contribution in [2.75, 3.05) is 144 Å². The molecule has 5 heterocycles. The van der Waals surface area contributed by atoms with Gasteiger partial charge in [0.05, 0.1) is 121 Å². The highest BCUT2D eigenvalue weighted by molar-refractivity contribution is 7.19. The van der Waals surface area contributed by atoms with Crippen LogP contribution in [0.3, 0.4) is 0 Å². The van der Waals surface area contributed by atoms with Crippen LogP contribution in [0, 0.1) is 12.8 Å². The molecule has 0 bridgehead atoms. The van der Waals surface area contributed by atoms with E-state index < -0.39 is 0 Å². The van der Waals surface area contributed by atoms with Gasteiger partial charge in [0.1, 0.15) is 11.3 Å². The van der Waals surface area contributed by atoms with Crippen molar-refractivity contribution in [1.29, 1.82) is 0 Å². The Morgan fingerprint density at radius 1 is 0.727 bits per heavy atom. The Kier molecular flexibility index (Phi) is 25.4. The van der Waals surface area contributed by atoms with Gasteiger partial charge >= 0.3 is 0 Å². The molecule has 0 radical (unpaired) electrons. The normalized spacial score (nSPS) is 14.8. The van der Waals surface area contributed by atoms with E-state index in [1.807, 2.05) is 0 Å². The monoisotopic (exact) mass is 946 g/mol. The van der Waals surface area contributed by atoms with Crippen LogP contribution in [0.4, 0.5) is 5.82 Å². The lowest BCUT2D eigenvalue weighted by Crippen LogP contribution is -2.37. The third-order valence-corrected chi connectivity index (χ3v) is 12.4. The number of nitrogens with two attached hydrogens (primary N) is 1. The van der Waals surface area contributed by atoms with Gasteiger partial charge in [-0.3, -0.25) is 19.3 Å². The molecule has 0 unspecified atom stereocenters. The second-order valence-electron chi connectivity index (χ2n) is 16.5. The van der Waals surface area contributed by atoms with Gasteiger partial charge < -0.3 is 58.4 Å². The molecule has 0 aliphatic carbocycles. The summed E-state index contributed by atoms with van der Waals surface area (Å²) < 4.78 is 48.4. The maximum absolute atomic E-state index is 11.9. The third-order valence-electron chi connectivity index (χ3n) is 11.4. The fourth-order valence-corrected chi connectivity index (χ4v) is 8.79. The molecule has 66 heavy (non-hydrogen) atoms. The Balaban J connectivity index is 0.723. The molecule has 0 saturated carbocycles. The number of carbonyl (C=O) groups excluding carboxylic acids is 3. The first-order valence-electron chi connectivity index (χ1n) is 24.0. The largest absolute Gasteiger partial charge is 0.382 e. The van der Waals surface area contributed by atoms with Gasteiger partial charge in [0.15, 0.2) is 5.82 Å². The quantitative estimate of drug-likeness (QED) is 0.0608. The number of nitrogen functional groups attached to an aromatic ring is 1. The predicted molar refractivity (Wildman–Crippen MR) is 254 cm³/mol. The Morgan fingerprint density at radius 3 is 1.83 bits per heavy atom. The molecule has 18 nitrogen and oxygen atoms in total. The number of aromatic nitrogens is 3. The van der Waals surface area contributed by atoms with Gasteiger partial charge in [0.25, 0.3) is 11.8 Å². The van der Waals surface area contributed by atoms with Crippen molar-refractivity contribution in [3.05, 3.63) is 28.9 Å². The van der Waals surface area contributed by atoms with Crippen molar-refractivity contribution in [1.82, 2.24) is 29.7 Å². The number of fused-ring (bicyclic) bond motifs is 3. The summed E-state index contributed by atoms with van der Waals surface area (Å²) in [6, 6.07) is 2.14. The second kappa shape index (κ2) is 31.4. The molecule has 3 aromatic rings. The number of imidazole rings is 1. The second-order valence-corrected chi connectivity index (χ2v) is 17.8. The summed E-state index contributed by atoms with van der Waals surface area (Å²) in [6.07, 6.45) is 10.6. The summed E-state index contributed by atoms with van der Waals surface area (Å²) in [6.45, 7) is 17.2. The van der Waals surface area contributed by atoms with Crippen molar-refractivity contribution in [2.45, 2.75) is 78.2 Å². The minimum absolute atomic E-state index is 0.0400. The van der Waals surface area contributed by atoms with Crippen LogP contribution in [-0.4, -0.2) is 180 Å². The zero-order valence-corrected chi connectivity index (χ0v) is 40.3. The lowest BCUT2D eigenvalue weighted by Gasteiger charge is -2.32. The molecular weight excluding hydrogens is 871 g/mol. The number of unbranched alkanes of at least 4 members (excludes halogenated alkanes) is 3. The van der Waals surface area contributed by atoms with E-state index in [2.05, 4.69) is 39.7 Å². The van der Waals surface area contributed by atoms with Crippen molar-refractivity contribution < 1.29 is 52.3 Å². The van der Waals surface area contributed by atoms with Gasteiger partial charge in [-0.1, -0.05) is 19.8 Å². The molecule has 3 aromatic heterocycles. The maximum atomic E-state index is 11.9. The third kappa shape index (κ3) is 19.2. The van der Waals surface area contributed by atoms with Crippen LogP contribution in [0.5, 0.6) is 0 Å². The number of piperidine rings is 1. The van der Waals surface area contributed by atoms with Crippen LogP contribution >= 0.6 is 11.3 Å². The van der Waals surface area contributed by atoms with Gasteiger partial charge in [0.2, 0.25) is 5.91 Å². The molecule has 0 atom stereocenters. The number of anilines is 1. The zero-order chi connectivity index (χ0) is 46.6. The molecular formula is C47H75N7O11S. The van der Waals surface area contributed by atoms with Crippen molar-refractivity contribution in [3.63, 3.8) is 0 Å². The van der Waals surface area contributed by atoms with Gasteiger partial charge in [-0.25, -0.2) is 9.97 Å². The molecule has 1 saturated heterocycles. The van der Waals surface area contributed by atoms with Gasteiger partial charge in [-0.2, -0.15) is 0 Å². The zero-order valence-electron chi connectivity index (χ0n) is 39.4. The van der Waals surface area contributed by atoms with Crippen molar-refractivity contribution in [2.24, 2.45) is 5.92 Å². The molecule has 2 aliphatic rings. The molecule has 3 N–H and O–H groups in total. The van der Waals surface area contributed by atoms with Crippen LogP contribution in [0.15, 0.2) is 18.2 Å². The van der Waals surface area contributed by atoms with Crippen molar-refractivity contribution >= 4 is 56.1 Å². The lowest BCUT2D eigenvalue weighted by molar-refractivity contribution is -0.137. The Morgan fingerprint density at radius 2 is 1.27 bits per heavy atom. The van der Waals surface area contributed by atoms with Crippen LogP contribution in [0.2, 0.25) is 0 Å². The van der Waals surface area contributed by atoms with Gasteiger partial charge in [-0.15, -0.1) is 11.3 Å². The molecule has 19 heteroatoms. The van der Waals surface area contributed by atoms with Crippen LogP contribution < -0.4 is 11.1 Å². The number of aryl methyl sites for hydroxylation is 2. The number of likely N-dealkylation sites (tertiary alicyclic amines) is 1. The highest BCUT2D eigenvalue weighted by atomic mass is 32.1. The predicted octanol–water partition coefficient (Wildman–Crippen LogP) is 4.33. The summed E-state index contributed by atoms with van der Waals surface area (Å²) >= 11 is 1.79. The minimum Gasteiger partial charge on any atom is -0.382 e. The Labute approximate surface area is 394 Å². The molecule has 5 rings (SSSR count). The van der Waals surface area contributed by atoms with E-state index in [0.717, 1.165) is 81.6 Å². The SMILES string of the molecule is CCCCc1nc2c(N)nc3cc(C)sc3c2n1CC1CCN(CCOCCOCCOCCOCCOCCOCCOCCOCCNC(=O)CCCCCN2C(=O)C=CC2=O)CC1. The van der Waals surface area contributed by atoms with E-state index in [9.17, 15) is 14.4 Å². The Hall–Kier alpha value is -3.63.